The van der Waals surface area contributed by atoms with Crippen LogP contribution in [-0.2, 0) is 0 Å². The molecule has 0 fully saturated rings. The van der Waals surface area contributed by atoms with Gasteiger partial charge in [-0.2, -0.15) is 0 Å². The van der Waals surface area contributed by atoms with Gasteiger partial charge in [0.2, 0.25) is 5.88 Å². The lowest BCUT2D eigenvalue weighted by Gasteiger charge is -2.11. The van der Waals surface area contributed by atoms with Gasteiger partial charge in [-0.15, -0.1) is 0 Å². The van der Waals surface area contributed by atoms with Gasteiger partial charge in [0, 0.05) is 11.3 Å². The Morgan fingerprint density at radius 1 is 0.889 bits per heavy atom. The average molecular weight is 359 g/mol. The van der Waals surface area contributed by atoms with E-state index in [1.807, 2.05) is 48.5 Å². The first-order chi connectivity index (χ1) is 13.3. The quantitative estimate of drug-likeness (QED) is 0.405. The smallest absolute Gasteiger partial charge is 0.246 e. The van der Waals surface area contributed by atoms with Crippen LogP contribution < -0.4 is 4.74 Å². The van der Waals surface area contributed by atoms with Crippen LogP contribution in [-0.4, -0.2) is 15.0 Å². The highest BCUT2D eigenvalue weighted by molar-refractivity contribution is 6.04. The Morgan fingerprint density at radius 2 is 1.59 bits per heavy atom. The molecule has 0 spiro atoms. The Balaban J connectivity index is 1.88. The van der Waals surface area contributed by atoms with E-state index in [4.69, 9.17) is 14.7 Å². The Kier molecular flexibility index (Phi) is 5.05. The second kappa shape index (κ2) is 7.78. The lowest BCUT2D eigenvalue weighted by Crippen LogP contribution is -2.00. The van der Waals surface area contributed by atoms with Crippen LogP contribution >= 0.6 is 0 Å². The molecule has 1 N–H and O–H groups in total. The van der Waals surface area contributed by atoms with Gasteiger partial charge in [-0.25, -0.2) is 9.97 Å². The molecule has 138 valence electrons. The molecule has 2 aromatic heterocycles. The number of ether oxygens (including phenoxy) is 1. The molecule has 0 bridgehead atoms. The number of nitrogens with one attached hydrogen (secondary N) is 1. The molecule has 0 saturated heterocycles. The molecule has 27 heavy (non-hydrogen) atoms. The largest absolute Gasteiger partial charge is 0.437 e. The molecule has 0 radical (unpaired) electrons. The van der Waals surface area contributed by atoms with E-state index in [1.54, 1.807) is 0 Å². The van der Waals surface area contributed by atoms with Crippen molar-refractivity contribution in [1.29, 1.82) is 0 Å². The molecule has 2 aromatic carbocycles. The summed E-state index contributed by atoms with van der Waals surface area (Å²) < 4.78 is 6.13. The SMILES string of the molecule is CCCC(CCC)c1nc2c([nH]1)c(Oc1ccccc1)nc1ccccc12. The molecule has 4 nitrogen and oxygen atoms in total. The Morgan fingerprint density at radius 3 is 2.33 bits per heavy atom. The zero-order valence-electron chi connectivity index (χ0n) is 15.9. The molecule has 0 aliphatic heterocycles. The minimum absolute atomic E-state index is 0.440. The van der Waals surface area contributed by atoms with E-state index < -0.39 is 0 Å². The lowest BCUT2D eigenvalue weighted by molar-refractivity contribution is 0.469. The van der Waals surface area contributed by atoms with Crippen LogP contribution in [0.4, 0.5) is 0 Å². The first kappa shape index (κ1) is 17.5. The molecule has 0 atom stereocenters. The van der Waals surface area contributed by atoms with E-state index in [-0.39, 0.29) is 0 Å². The van der Waals surface area contributed by atoms with E-state index in [2.05, 4.69) is 24.9 Å². The molecular weight excluding hydrogens is 334 g/mol. The maximum atomic E-state index is 6.13. The Hall–Kier alpha value is -2.88. The normalized spacial score (nSPS) is 11.5. The zero-order valence-corrected chi connectivity index (χ0v) is 15.9. The molecular formula is C23H25N3O. The second-order valence-electron chi connectivity index (χ2n) is 6.97. The predicted octanol–water partition coefficient (Wildman–Crippen LogP) is 6.59. The number of aromatic amines is 1. The van der Waals surface area contributed by atoms with E-state index in [1.165, 1.54) is 0 Å². The second-order valence-corrected chi connectivity index (χ2v) is 6.97. The third-order valence-corrected chi connectivity index (χ3v) is 4.94. The van der Waals surface area contributed by atoms with Crippen LogP contribution in [0.1, 0.15) is 51.3 Å². The fraction of sp³-hybridized carbons (Fsp3) is 0.304. The number of hydrogen-bond acceptors (Lipinski definition) is 3. The van der Waals surface area contributed by atoms with Crippen molar-refractivity contribution < 1.29 is 4.74 Å². The van der Waals surface area contributed by atoms with Gasteiger partial charge in [0.25, 0.3) is 0 Å². The van der Waals surface area contributed by atoms with Crippen molar-refractivity contribution in [2.24, 2.45) is 0 Å². The molecule has 0 aliphatic carbocycles. The van der Waals surface area contributed by atoms with Crippen LogP contribution in [0.15, 0.2) is 54.6 Å². The van der Waals surface area contributed by atoms with Gasteiger partial charge in [0.05, 0.1) is 5.52 Å². The zero-order chi connectivity index (χ0) is 18.6. The van der Waals surface area contributed by atoms with Crippen molar-refractivity contribution in [3.63, 3.8) is 0 Å². The van der Waals surface area contributed by atoms with Crippen molar-refractivity contribution >= 4 is 21.9 Å². The molecule has 4 aromatic rings. The topological polar surface area (TPSA) is 50.8 Å². The van der Waals surface area contributed by atoms with Gasteiger partial charge < -0.3 is 9.72 Å². The summed E-state index contributed by atoms with van der Waals surface area (Å²) in [6, 6.07) is 17.9. The van der Waals surface area contributed by atoms with Gasteiger partial charge in [-0.1, -0.05) is 63.1 Å². The standard InChI is InChI=1S/C23H25N3O/c1-3-10-16(11-4-2)22-25-20-18-14-8-9-15-19(18)24-23(21(20)26-22)27-17-12-6-5-7-13-17/h5-9,12-16H,3-4,10-11H2,1-2H3,(H,25,26). The van der Waals surface area contributed by atoms with E-state index in [0.717, 1.165) is 59.2 Å². The van der Waals surface area contributed by atoms with E-state index in [0.29, 0.717) is 11.8 Å². The third kappa shape index (κ3) is 3.52. The van der Waals surface area contributed by atoms with Crippen molar-refractivity contribution in [1.82, 2.24) is 15.0 Å². The third-order valence-electron chi connectivity index (χ3n) is 4.94. The number of pyridine rings is 1. The van der Waals surface area contributed by atoms with E-state index in [9.17, 15) is 0 Å². The summed E-state index contributed by atoms with van der Waals surface area (Å²) in [7, 11) is 0. The Bertz CT molecular complexity index is 1030. The monoisotopic (exact) mass is 359 g/mol. The molecule has 2 heterocycles. The maximum absolute atomic E-state index is 6.13. The number of para-hydroxylation sites is 2. The number of rotatable bonds is 7. The van der Waals surface area contributed by atoms with Gasteiger partial charge >= 0.3 is 0 Å². The molecule has 0 amide bonds. The number of benzene rings is 2. The summed E-state index contributed by atoms with van der Waals surface area (Å²) in [5.74, 6) is 2.84. The highest BCUT2D eigenvalue weighted by atomic mass is 16.5. The molecule has 4 rings (SSSR count). The van der Waals surface area contributed by atoms with Crippen LogP contribution in [0.5, 0.6) is 11.6 Å². The van der Waals surface area contributed by atoms with Crippen molar-refractivity contribution in [2.45, 2.75) is 45.4 Å². The fourth-order valence-corrected chi connectivity index (χ4v) is 3.66. The summed E-state index contributed by atoms with van der Waals surface area (Å²) in [6.07, 6.45) is 4.56. The summed E-state index contributed by atoms with van der Waals surface area (Å²) in [5.41, 5.74) is 2.72. The van der Waals surface area contributed by atoms with Crippen LogP contribution in [0.25, 0.3) is 21.9 Å². The fourth-order valence-electron chi connectivity index (χ4n) is 3.66. The Labute approximate surface area is 159 Å². The number of imidazole rings is 1. The van der Waals surface area contributed by atoms with Gasteiger partial charge in [0.1, 0.15) is 22.6 Å². The van der Waals surface area contributed by atoms with Crippen molar-refractivity contribution in [2.75, 3.05) is 0 Å². The van der Waals surface area contributed by atoms with Crippen molar-refractivity contribution in [3.8, 4) is 11.6 Å². The van der Waals surface area contributed by atoms with Crippen LogP contribution in [0, 0.1) is 0 Å². The summed E-state index contributed by atoms with van der Waals surface area (Å²) in [5, 5.41) is 1.06. The number of hydrogen-bond donors (Lipinski definition) is 1. The summed E-state index contributed by atoms with van der Waals surface area (Å²) in [4.78, 5) is 13.3. The molecule has 4 heteroatoms. The summed E-state index contributed by atoms with van der Waals surface area (Å²) in [6.45, 7) is 4.46. The number of nitrogens with zero attached hydrogens (tertiary/aromatic N) is 2. The minimum Gasteiger partial charge on any atom is -0.437 e. The highest BCUT2D eigenvalue weighted by Crippen LogP contribution is 2.34. The molecule has 0 saturated carbocycles. The van der Waals surface area contributed by atoms with Gasteiger partial charge in [-0.05, 0) is 31.0 Å². The lowest BCUT2D eigenvalue weighted by atomic mass is 9.98. The minimum atomic E-state index is 0.440. The van der Waals surface area contributed by atoms with Crippen LogP contribution in [0.2, 0.25) is 0 Å². The number of fused-ring (bicyclic) bond motifs is 3. The molecule has 0 aliphatic rings. The van der Waals surface area contributed by atoms with Crippen LogP contribution in [0.3, 0.4) is 0 Å². The van der Waals surface area contributed by atoms with Gasteiger partial charge in [0.15, 0.2) is 0 Å². The molecule has 0 unspecified atom stereocenters. The van der Waals surface area contributed by atoms with E-state index >= 15 is 0 Å². The average Bonchev–Trinajstić information content (AvgIpc) is 3.15. The summed E-state index contributed by atoms with van der Waals surface area (Å²) >= 11 is 0. The highest BCUT2D eigenvalue weighted by Gasteiger charge is 2.19. The first-order valence-corrected chi connectivity index (χ1v) is 9.81. The van der Waals surface area contributed by atoms with Gasteiger partial charge in [-0.3, -0.25) is 0 Å². The number of H-pyrrole nitrogens is 1. The maximum Gasteiger partial charge on any atom is 0.246 e. The van der Waals surface area contributed by atoms with Crippen molar-refractivity contribution in [3.05, 3.63) is 60.4 Å². The first-order valence-electron chi connectivity index (χ1n) is 9.81. The predicted molar refractivity (Wildman–Crippen MR) is 110 cm³/mol. The number of aromatic nitrogens is 3.